The normalized spacial score (nSPS) is 23.2. The van der Waals surface area contributed by atoms with E-state index in [2.05, 4.69) is 25.9 Å². The molecule has 0 aromatic carbocycles. The fraction of sp³-hybridized carbons (Fsp3) is 0.529. The van der Waals surface area contributed by atoms with Crippen molar-refractivity contribution in [1.82, 2.24) is 15.3 Å². The second-order valence-electron chi connectivity index (χ2n) is 6.83. The first-order chi connectivity index (χ1) is 12.6. The molecular formula is C17H26N8O. The molecule has 0 saturated heterocycles. The first-order valence-corrected chi connectivity index (χ1v) is 8.99. The minimum Gasteiger partial charge on any atom is -0.386 e. The van der Waals surface area contributed by atoms with Crippen molar-refractivity contribution in [2.75, 3.05) is 10.6 Å². The summed E-state index contributed by atoms with van der Waals surface area (Å²) in [5.74, 6) is 0.0685. The number of rotatable bonds is 8. The Hall–Kier alpha value is -2.68. The molecule has 2 aliphatic rings. The molecule has 0 unspecified atom stereocenters. The molecule has 9 nitrogen and oxygen atoms in total. The van der Waals surface area contributed by atoms with Crippen LogP contribution in [0.5, 0.6) is 0 Å². The second kappa shape index (κ2) is 8.13. The fourth-order valence-electron chi connectivity index (χ4n) is 2.96. The van der Waals surface area contributed by atoms with E-state index in [9.17, 15) is 4.79 Å². The highest BCUT2D eigenvalue weighted by Gasteiger charge is 2.23. The lowest BCUT2D eigenvalue weighted by Crippen LogP contribution is -2.42. The third kappa shape index (κ3) is 4.69. The van der Waals surface area contributed by atoms with Crippen molar-refractivity contribution >= 4 is 23.8 Å². The smallest absolute Gasteiger partial charge is 0.271 e. The summed E-state index contributed by atoms with van der Waals surface area (Å²) >= 11 is 0. The van der Waals surface area contributed by atoms with Gasteiger partial charge in [0.1, 0.15) is 5.82 Å². The average molecular weight is 358 g/mol. The summed E-state index contributed by atoms with van der Waals surface area (Å²) in [4.78, 5) is 20.2. The Morgan fingerprint density at radius 3 is 2.69 bits per heavy atom. The Kier molecular flexibility index (Phi) is 5.67. The number of hydrogen-bond donors (Lipinski definition) is 6. The van der Waals surface area contributed by atoms with Gasteiger partial charge in [0.2, 0.25) is 0 Å². The lowest BCUT2D eigenvalue weighted by molar-refractivity contribution is 0.0996. The minimum atomic E-state index is -0.680. The number of carbonyl (C=O) groups is 1. The zero-order valence-corrected chi connectivity index (χ0v) is 14.7. The van der Waals surface area contributed by atoms with E-state index in [-0.39, 0.29) is 23.6 Å². The van der Waals surface area contributed by atoms with Crippen LogP contribution in [-0.4, -0.2) is 40.2 Å². The second-order valence-corrected chi connectivity index (χ2v) is 6.83. The number of allylic oxidation sites excluding steroid dienone is 1. The minimum absolute atomic E-state index is 0.0302. The molecule has 3 rings (SSSR count). The van der Waals surface area contributed by atoms with Gasteiger partial charge in [-0.05, 0) is 25.7 Å². The van der Waals surface area contributed by atoms with E-state index in [0.717, 1.165) is 44.7 Å². The van der Waals surface area contributed by atoms with Gasteiger partial charge >= 0.3 is 0 Å². The van der Waals surface area contributed by atoms with E-state index in [1.165, 1.54) is 6.20 Å². The summed E-state index contributed by atoms with van der Waals surface area (Å²) in [6.45, 7) is 0. The highest BCUT2D eigenvalue weighted by atomic mass is 16.1. The zero-order chi connectivity index (χ0) is 18.5. The van der Waals surface area contributed by atoms with Crippen LogP contribution in [0.1, 0.15) is 49.0 Å². The molecule has 0 radical (unpaired) electrons. The van der Waals surface area contributed by atoms with Crippen LogP contribution in [0.2, 0.25) is 0 Å². The standard InChI is InChI=1S/C17H26N8O/c18-7-11(8-21-10-5-6-10)23-17-15(16(20)26)22-9-14(25-17)24-13-4-2-1-3-12(13)19/h7-10,12-13,18,21H,1-6,19H2,(H2,20,26)(H2,23,24,25)/b11-8+,18-7?/t12-,13+/m0/s1. The molecular weight excluding hydrogens is 332 g/mol. The largest absolute Gasteiger partial charge is 0.386 e. The number of hydrogen-bond acceptors (Lipinski definition) is 8. The van der Waals surface area contributed by atoms with Gasteiger partial charge in [-0.25, -0.2) is 9.97 Å². The maximum absolute atomic E-state index is 11.7. The molecule has 2 atom stereocenters. The van der Waals surface area contributed by atoms with E-state index >= 15 is 0 Å². The van der Waals surface area contributed by atoms with Gasteiger partial charge < -0.3 is 32.8 Å². The van der Waals surface area contributed by atoms with Crippen molar-refractivity contribution in [3.05, 3.63) is 23.8 Å². The summed E-state index contributed by atoms with van der Waals surface area (Å²) in [6.07, 6.45) is 10.8. The van der Waals surface area contributed by atoms with Gasteiger partial charge in [-0.1, -0.05) is 12.8 Å². The van der Waals surface area contributed by atoms with Crippen LogP contribution in [-0.2, 0) is 0 Å². The van der Waals surface area contributed by atoms with Crippen LogP contribution in [0.4, 0.5) is 11.6 Å². The predicted octanol–water partition coefficient (Wildman–Crippen LogP) is 0.912. The molecule has 2 aliphatic carbocycles. The molecule has 1 amide bonds. The molecule has 1 aromatic heterocycles. The molecule has 0 spiro atoms. The average Bonchev–Trinajstić information content (AvgIpc) is 3.45. The number of nitrogens with zero attached hydrogens (tertiary/aromatic N) is 2. The summed E-state index contributed by atoms with van der Waals surface area (Å²) in [7, 11) is 0. The van der Waals surface area contributed by atoms with E-state index < -0.39 is 5.91 Å². The van der Waals surface area contributed by atoms with Crippen LogP contribution in [0, 0.1) is 5.41 Å². The fourth-order valence-corrected chi connectivity index (χ4v) is 2.96. The van der Waals surface area contributed by atoms with E-state index in [1.54, 1.807) is 6.20 Å². The van der Waals surface area contributed by atoms with Gasteiger partial charge in [-0.2, -0.15) is 0 Å². The number of primary amides is 1. The van der Waals surface area contributed by atoms with Crippen LogP contribution in [0.15, 0.2) is 18.1 Å². The number of amides is 1. The molecule has 1 aromatic rings. The van der Waals surface area contributed by atoms with Crippen molar-refractivity contribution < 1.29 is 4.79 Å². The lowest BCUT2D eigenvalue weighted by atomic mass is 9.91. The van der Waals surface area contributed by atoms with Gasteiger partial charge in [0, 0.05) is 30.5 Å². The Bertz CT molecular complexity index is 700. The first kappa shape index (κ1) is 18.1. The SMILES string of the molecule is N=C/C(=C\NC1CC1)Nc1nc(N[C@@H]2CCCC[C@@H]2N)cnc1C(N)=O. The van der Waals surface area contributed by atoms with Crippen molar-refractivity contribution in [2.24, 2.45) is 11.5 Å². The summed E-state index contributed by atoms with van der Waals surface area (Å²) in [5, 5.41) is 17.0. The number of nitrogens with two attached hydrogens (primary N) is 2. The number of aromatic nitrogens is 2. The quantitative estimate of drug-likeness (QED) is 0.377. The van der Waals surface area contributed by atoms with E-state index in [1.807, 2.05) is 0 Å². The topological polar surface area (TPSA) is 155 Å². The maximum atomic E-state index is 11.7. The van der Waals surface area contributed by atoms with Gasteiger partial charge in [0.25, 0.3) is 5.91 Å². The number of anilines is 2. The molecule has 8 N–H and O–H groups in total. The molecule has 9 heteroatoms. The van der Waals surface area contributed by atoms with Crippen molar-refractivity contribution in [2.45, 2.75) is 56.7 Å². The molecule has 2 saturated carbocycles. The van der Waals surface area contributed by atoms with Gasteiger partial charge in [-0.15, -0.1) is 0 Å². The molecule has 0 bridgehead atoms. The Morgan fingerprint density at radius 2 is 2.04 bits per heavy atom. The maximum Gasteiger partial charge on any atom is 0.271 e. The van der Waals surface area contributed by atoms with Crippen LogP contribution in [0.3, 0.4) is 0 Å². The van der Waals surface area contributed by atoms with Gasteiger partial charge in [0.15, 0.2) is 11.5 Å². The Balaban J connectivity index is 1.77. The third-order valence-electron chi connectivity index (χ3n) is 4.63. The number of nitrogens with one attached hydrogen (secondary N) is 4. The molecule has 26 heavy (non-hydrogen) atoms. The highest BCUT2D eigenvalue weighted by molar-refractivity contribution is 5.97. The Morgan fingerprint density at radius 1 is 1.27 bits per heavy atom. The number of carbonyl (C=O) groups excluding carboxylic acids is 1. The third-order valence-corrected chi connectivity index (χ3v) is 4.63. The van der Waals surface area contributed by atoms with Crippen LogP contribution in [0.25, 0.3) is 0 Å². The summed E-state index contributed by atoms with van der Waals surface area (Å²) in [6, 6.07) is 0.645. The zero-order valence-electron chi connectivity index (χ0n) is 14.7. The molecule has 0 aliphatic heterocycles. The summed E-state index contributed by atoms with van der Waals surface area (Å²) < 4.78 is 0. The lowest BCUT2D eigenvalue weighted by Gasteiger charge is -2.29. The van der Waals surface area contributed by atoms with Crippen molar-refractivity contribution in [3.63, 3.8) is 0 Å². The van der Waals surface area contributed by atoms with Gasteiger partial charge in [-0.3, -0.25) is 4.79 Å². The van der Waals surface area contributed by atoms with E-state index in [0.29, 0.717) is 17.6 Å². The monoisotopic (exact) mass is 358 g/mol. The predicted molar refractivity (Wildman–Crippen MR) is 101 cm³/mol. The molecule has 2 fully saturated rings. The van der Waals surface area contributed by atoms with Crippen LogP contribution >= 0.6 is 0 Å². The molecule has 1 heterocycles. The molecule has 140 valence electrons. The highest BCUT2D eigenvalue weighted by Crippen LogP contribution is 2.22. The van der Waals surface area contributed by atoms with Crippen molar-refractivity contribution in [3.8, 4) is 0 Å². The van der Waals surface area contributed by atoms with Crippen molar-refractivity contribution in [1.29, 1.82) is 5.41 Å². The summed E-state index contributed by atoms with van der Waals surface area (Å²) in [5.41, 5.74) is 12.1. The van der Waals surface area contributed by atoms with Gasteiger partial charge in [0.05, 0.1) is 11.9 Å². The van der Waals surface area contributed by atoms with Crippen LogP contribution < -0.4 is 27.4 Å². The van der Waals surface area contributed by atoms with E-state index in [4.69, 9.17) is 16.9 Å². The first-order valence-electron chi connectivity index (χ1n) is 8.99. The Labute approximate surface area is 152 Å².